The van der Waals surface area contributed by atoms with Gasteiger partial charge in [-0.2, -0.15) is 15.0 Å². The summed E-state index contributed by atoms with van der Waals surface area (Å²) in [5, 5.41) is 5.38. The minimum atomic E-state index is 0.629. The van der Waals surface area contributed by atoms with Gasteiger partial charge in [0.2, 0.25) is 17.8 Å². The Balaban J connectivity index is 2.17. The highest BCUT2D eigenvalue weighted by molar-refractivity contribution is 5.43. The third-order valence-electron chi connectivity index (χ3n) is 3.62. The molecule has 0 aliphatic carbocycles. The van der Waals surface area contributed by atoms with Crippen molar-refractivity contribution in [1.29, 1.82) is 0 Å². The van der Waals surface area contributed by atoms with Crippen molar-refractivity contribution < 1.29 is 0 Å². The smallest absolute Gasteiger partial charge is 0.244 e. The standard InChI is InChI=1S/C14H27N7/c1-4-15-12-16-13(19-21-10-8-7-9-11-21)18-14(17-12)20(5-2)6-3/h4-11H2,1-3H3,(H2,15,16,17,18,19). The van der Waals surface area contributed by atoms with Crippen LogP contribution in [0.15, 0.2) is 0 Å². The van der Waals surface area contributed by atoms with Gasteiger partial charge < -0.3 is 10.2 Å². The van der Waals surface area contributed by atoms with E-state index in [1.807, 2.05) is 6.92 Å². The Hall–Kier alpha value is -1.63. The fourth-order valence-electron chi connectivity index (χ4n) is 2.45. The lowest BCUT2D eigenvalue weighted by Gasteiger charge is -2.27. The summed E-state index contributed by atoms with van der Waals surface area (Å²) in [6.07, 6.45) is 3.75. The first-order valence-electron chi connectivity index (χ1n) is 8.03. The zero-order chi connectivity index (χ0) is 15.1. The Morgan fingerprint density at radius 3 is 2.24 bits per heavy atom. The molecule has 0 unspecified atom stereocenters. The summed E-state index contributed by atoms with van der Waals surface area (Å²) in [6.45, 7) is 10.9. The van der Waals surface area contributed by atoms with E-state index in [1.165, 1.54) is 19.3 Å². The van der Waals surface area contributed by atoms with Gasteiger partial charge in [-0.3, -0.25) is 5.43 Å². The van der Waals surface area contributed by atoms with E-state index < -0.39 is 0 Å². The summed E-state index contributed by atoms with van der Waals surface area (Å²) in [4.78, 5) is 15.6. The number of aromatic nitrogens is 3. The lowest BCUT2D eigenvalue weighted by Crippen LogP contribution is -2.36. The average molecular weight is 293 g/mol. The summed E-state index contributed by atoms with van der Waals surface area (Å²) < 4.78 is 0. The van der Waals surface area contributed by atoms with E-state index in [-0.39, 0.29) is 0 Å². The van der Waals surface area contributed by atoms with E-state index >= 15 is 0 Å². The summed E-state index contributed by atoms with van der Waals surface area (Å²) in [5.74, 6) is 1.99. The summed E-state index contributed by atoms with van der Waals surface area (Å²) in [7, 11) is 0. The van der Waals surface area contributed by atoms with Crippen LogP contribution in [0.3, 0.4) is 0 Å². The molecule has 0 aromatic carbocycles. The second-order valence-electron chi connectivity index (χ2n) is 5.14. The quantitative estimate of drug-likeness (QED) is 0.796. The topological polar surface area (TPSA) is 69.2 Å². The largest absolute Gasteiger partial charge is 0.354 e. The highest BCUT2D eigenvalue weighted by Crippen LogP contribution is 2.15. The highest BCUT2D eigenvalue weighted by atomic mass is 15.5. The minimum Gasteiger partial charge on any atom is -0.354 e. The van der Waals surface area contributed by atoms with E-state index in [4.69, 9.17) is 0 Å². The Morgan fingerprint density at radius 1 is 0.952 bits per heavy atom. The molecule has 2 N–H and O–H groups in total. The molecule has 118 valence electrons. The number of hydrogen-bond acceptors (Lipinski definition) is 7. The SMILES string of the molecule is CCNc1nc(NN2CCCCC2)nc(N(CC)CC)n1. The molecule has 0 saturated carbocycles. The molecular formula is C14H27N7. The van der Waals surface area contributed by atoms with Crippen LogP contribution in [-0.2, 0) is 0 Å². The maximum Gasteiger partial charge on any atom is 0.244 e. The third-order valence-corrected chi connectivity index (χ3v) is 3.62. The maximum absolute atomic E-state index is 4.56. The zero-order valence-electron chi connectivity index (χ0n) is 13.4. The van der Waals surface area contributed by atoms with Crippen LogP contribution in [0.2, 0.25) is 0 Å². The van der Waals surface area contributed by atoms with Crippen molar-refractivity contribution in [1.82, 2.24) is 20.0 Å². The number of anilines is 3. The van der Waals surface area contributed by atoms with Crippen LogP contribution >= 0.6 is 0 Å². The number of nitrogens with zero attached hydrogens (tertiary/aromatic N) is 5. The van der Waals surface area contributed by atoms with Gasteiger partial charge in [-0.1, -0.05) is 6.42 Å². The lowest BCUT2D eigenvalue weighted by atomic mass is 10.2. The second-order valence-corrected chi connectivity index (χ2v) is 5.14. The number of rotatable bonds is 7. The van der Waals surface area contributed by atoms with Gasteiger partial charge in [0, 0.05) is 32.7 Å². The van der Waals surface area contributed by atoms with Crippen LogP contribution in [0.4, 0.5) is 17.8 Å². The molecule has 1 aliphatic heterocycles. The fraction of sp³-hybridized carbons (Fsp3) is 0.786. The van der Waals surface area contributed by atoms with Gasteiger partial charge in [0.05, 0.1) is 0 Å². The Labute approximate surface area is 127 Å². The van der Waals surface area contributed by atoms with Crippen LogP contribution in [0.5, 0.6) is 0 Å². The molecule has 1 saturated heterocycles. The molecule has 1 aromatic heterocycles. The van der Waals surface area contributed by atoms with Crippen molar-refractivity contribution in [3.05, 3.63) is 0 Å². The molecule has 0 atom stereocenters. The molecule has 1 aliphatic rings. The van der Waals surface area contributed by atoms with E-state index in [2.05, 4.69) is 49.5 Å². The van der Waals surface area contributed by atoms with Gasteiger partial charge in [-0.25, -0.2) is 5.01 Å². The van der Waals surface area contributed by atoms with Crippen molar-refractivity contribution in [3.63, 3.8) is 0 Å². The third kappa shape index (κ3) is 4.42. The molecule has 2 heterocycles. The van der Waals surface area contributed by atoms with Crippen LogP contribution < -0.4 is 15.6 Å². The zero-order valence-corrected chi connectivity index (χ0v) is 13.4. The molecule has 7 heteroatoms. The Morgan fingerprint density at radius 2 is 1.62 bits per heavy atom. The van der Waals surface area contributed by atoms with Crippen molar-refractivity contribution in [2.75, 3.05) is 48.4 Å². The molecule has 7 nitrogen and oxygen atoms in total. The molecule has 2 rings (SSSR count). The number of hydrazine groups is 1. The van der Waals surface area contributed by atoms with Gasteiger partial charge in [0.1, 0.15) is 0 Å². The highest BCUT2D eigenvalue weighted by Gasteiger charge is 2.14. The Bertz CT molecular complexity index is 427. The van der Waals surface area contributed by atoms with E-state index in [0.717, 1.165) is 38.7 Å². The molecule has 0 amide bonds. The van der Waals surface area contributed by atoms with Crippen molar-refractivity contribution >= 4 is 17.8 Å². The molecule has 21 heavy (non-hydrogen) atoms. The van der Waals surface area contributed by atoms with Crippen LogP contribution in [0, 0.1) is 0 Å². The minimum absolute atomic E-state index is 0.629. The maximum atomic E-state index is 4.56. The molecular weight excluding hydrogens is 266 g/mol. The molecule has 1 fully saturated rings. The van der Waals surface area contributed by atoms with Crippen molar-refractivity contribution in [3.8, 4) is 0 Å². The van der Waals surface area contributed by atoms with Gasteiger partial charge in [-0.05, 0) is 33.6 Å². The van der Waals surface area contributed by atoms with E-state index in [0.29, 0.717) is 11.9 Å². The van der Waals surface area contributed by atoms with Gasteiger partial charge in [-0.15, -0.1) is 0 Å². The predicted octanol–water partition coefficient (Wildman–Crippen LogP) is 1.96. The predicted molar refractivity (Wildman–Crippen MR) is 86.6 cm³/mol. The second kappa shape index (κ2) is 7.97. The first-order chi connectivity index (χ1) is 10.3. The van der Waals surface area contributed by atoms with Crippen LogP contribution in [0.25, 0.3) is 0 Å². The number of piperidine rings is 1. The van der Waals surface area contributed by atoms with Crippen molar-refractivity contribution in [2.24, 2.45) is 0 Å². The molecule has 0 spiro atoms. The summed E-state index contributed by atoms with van der Waals surface area (Å²) in [6, 6.07) is 0. The fourth-order valence-corrected chi connectivity index (χ4v) is 2.45. The first kappa shape index (κ1) is 15.8. The normalized spacial score (nSPS) is 15.8. The monoisotopic (exact) mass is 293 g/mol. The Kier molecular flexibility index (Phi) is 5.98. The van der Waals surface area contributed by atoms with Crippen LogP contribution in [-0.4, -0.2) is 52.7 Å². The average Bonchev–Trinajstić information content (AvgIpc) is 2.50. The summed E-state index contributed by atoms with van der Waals surface area (Å²) >= 11 is 0. The molecule has 0 bridgehead atoms. The van der Waals surface area contributed by atoms with Gasteiger partial charge in [0.25, 0.3) is 0 Å². The molecule has 0 radical (unpaired) electrons. The van der Waals surface area contributed by atoms with E-state index in [1.54, 1.807) is 0 Å². The van der Waals surface area contributed by atoms with Gasteiger partial charge in [0.15, 0.2) is 0 Å². The molecule has 1 aromatic rings. The summed E-state index contributed by atoms with van der Waals surface area (Å²) in [5.41, 5.74) is 3.33. The number of nitrogens with one attached hydrogen (secondary N) is 2. The number of hydrogen-bond donors (Lipinski definition) is 2. The van der Waals surface area contributed by atoms with Gasteiger partial charge >= 0.3 is 0 Å². The first-order valence-corrected chi connectivity index (χ1v) is 8.03. The van der Waals surface area contributed by atoms with E-state index in [9.17, 15) is 0 Å². The van der Waals surface area contributed by atoms with Crippen LogP contribution in [0.1, 0.15) is 40.0 Å². The van der Waals surface area contributed by atoms with Crippen molar-refractivity contribution in [2.45, 2.75) is 40.0 Å². The lowest BCUT2D eigenvalue weighted by molar-refractivity contribution is 0.271.